The number of benzene rings is 1. The molecule has 1 saturated carbocycles. The first kappa shape index (κ1) is 17.6. The van der Waals surface area contributed by atoms with Crippen LogP contribution in [0.3, 0.4) is 0 Å². The number of amides is 3. The number of imide groups is 1. The number of likely N-dealkylation sites (tertiary alicyclic amines) is 1. The van der Waals surface area contributed by atoms with Crippen molar-refractivity contribution in [1.82, 2.24) is 4.90 Å². The number of alkyl halides is 2. The van der Waals surface area contributed by atoms with Gasteiger partial charge in [-0.1, -0.05) is 44.0 Å². The lowest BCUT2D eigenvalue weighted by atomic mass is 9.81. The zero-order chi connectivity index (χ0) is 17.4. The van der Waals surface area contributed by atoms with E-state index in [1.54, 1.807) is 6.07 Å². The van der Waals surface area contributed by atoms with E-state index in [1.807, 2.05) is 25.1 Å². The van der Waals surface area contributed by atoms with E-state index in [-0.39, 0.29) is 45.8 Å². The topological polar surface area (TPSA) is 66.5 Å². The van der Waals surface area contributed by atoms with Gasteiger partial charge >= 0.3 is 0 Å². The Labute approximate surface area is 157 Å². The lowest BCUT2D eigenvalue weighted by molar-refractivity contribution is -0.142. The van der Waals surface area contributed by atoms with Gasteiger partial charge in [0, 0.05) is 15.3 Å². The van der Waals surface area contributed by atoms with Crippen molar-refractivity contribution in [3.05, 3.63) is 29.8 Å². The summed E-state index contributed by atoms with van der Waals surface area (Å²) < 4.78 is 0. The summed E-state index contributed by atoms with van der Waals surface area (Å²) >= 11 is 7.10. The maximum atomic E-state index is 12.5. The molecule has 1 heterocycles. The van der Waals surface area contributed by atoms with Gasteiger partial charge in [0.1, 0.15) is 6.54 Å². The summed E-state index contributed by atoms with van der Waals surface area (Å²) in [6.45, 7) is 1.71. The molecule has 1 aliphatic heterocycles. The van der Waals surface area contributed by atoms with Crippen molar-refractivity contribution in [2.45, 2.75) is 29.4 Å². The summed E-state index contributed by atoms with van der Waals surface area (Å²) in [5.74, 6) is -1.45. The van der Waals surface area contributed by atoms with E-state index in [2.05, 4.69) is 37.2 Å². The Morgan fingerprint density at radius 2 is 1.75 bits per heavy atom. The van der Waals surface area contributed by atoms with Gasteiger partial charge in [-0.2, -0.15) is 0 Å². The lowest BCUT2D eigenvalue weighted by Gasteiger charge is -2.29. The van der Waals surface area contributed by atoms with Crippen molar-refractivity contribution in [1.29, 1.82) is 0 Å². The molecule has 2 aliphatic rings. The van der Waals surface area contributed by atoms with E-state index in [0.29, 0.717) is 18.5 Å². The van der Waals surface area contributed by atoms with Gasteiger partial charge in [-0.05, 0) is 37.5 Å². The minimum absolute atomic E-state index is 0.163. The van der Waals surface area contributed by atoms with E-state index in [0.717, 1.165) is 10.5 Å². The van der Waals surface area contributed by atoms with Crippen LogP contribution < -0.4 is 5.32 Å². The molecule has 7 heteroatoms. The smallest absolute Gasteiger partial charge is 0.244 e. The number of carbonyl (C=O) groups excluding carboxylic acids is 3. The Balaban J connectivity index is 1.68. The molecule has 0 radical (unpaired) electrons. The number of anilines is 1. The first-order valence-corrected chi connectivity index (χ1v) is 9.70. The van der Waals surface area contributed by atoms with Crippen LogP contribution >= 0.6 is 31.9 Å². The molecule has 1 aromatic rings. The molecular formula is C17H18Br2N2O3. The average molecular weight is 458 g/mol. The lowest BCUT2D eigenvalue weighted by Crippen LogP contribution is -2.38. The molecule has 0 bridgehead atoms. The Bertz CT molecular complexity index is 666. The highest BCUT2D eigenvalue weighted by molar-refractivity contribution is 9.12. The first-order chi connectivity index (χ1) is 11.4. The van der Waals surface area contributed by atoms with Crippen molar-refractivity contribution >= 4 is 55.3 Å². The molecule has 0 unspecified atom stereocenters. The number of halogens is 2. The van der Waals surface area contributed by atoms with Crippen LogP contribution in [-0.4, -0.2) is 38.8 Å². The molecule has 1 aliphatic carbocycles. The number of aryl methyl sites for hydroxylation is 1. The highest BCUT2D eigenvalue weighted by atomic mass is 79.9. The van der Waals surface area contributed by atoms with Gasteiger partial charge in [0.05, 0.1) is 11.8 Å². The summed E-state index contributed by atoms with van der Waals surface area (Å²) in [4.78, 5) is 38.7. The van der Waals surface area contributed by atoms with Gasteiger partial charge in [0.15, 0.2) is 0 Å². The number of fused-ring (bicyclic) bond motifs is 1. The third kappa shape index (κ3) is 3.42. The minimum atomic E-state index is -0.355. The SMILES string of the molecule is Cc1cccc(NC(=O)CN2C(=O)[C@H]3C[C@@H](Br)[C@@H](Br)C[C@H]3C2=O)c1. The molecule has 1 aromatic carbocycles. The van der Waals surface area contributed by atoms with Crippen molar-refractivity contribution in [3.63, 3.8) is 0 Å². The fourth-order valence-electron chi connectivity index (χ4n) is 3.39. The summed E-state index contributed by atoms with van der Waals surface area (Å²) in [6.07, 6.45) is 1.22. The molecule has 3 rings (SSSR count). The van der Waals surface area contributed by atoms with Crippen LogP contribution in [0.4, 0.5) is 5.69 Å². The third-order valence-electron chi connectivity index (χ3n) is 4.61. The molecule has 1 N–H and O–H groups in total. The fourth-order valence-corrected chi connectivity index (χ4v) is 4.62. The molecule has 0 spiro atoms. The van der Waals surface area contributed by atoms with Crippen LogP contribution in [0.15, 0.2) is 24.3 Å². The zero-order valence-electron chi connectivity index (χ0n) is 13.2. The van der Waals surface area contributed by atoms with Crippen molar-refractivity contribution < 1.29 is 14.4 Å². The standard InChI is InChI=1S/C17H18Br2N2O3/c1-9-3-2-4-10(5-9)20-15(22)8-21-16(23)11-6-13(18)14(19)7-12(11)17(21)24/h2-5,11-14H,6-8H2,1H3,(H,20,22)/t11-,12+,13+,14-. The number of rotatable bonds is 3. The van der Waals surface area contributed by atoms with E-state index in [4.69, 9.17) is 0 Å². The quantitative estimate of drug-likeness (QED) is 0.560. The summed E-state index contributed by atoms with van der Waals surface area (Å²) in [6, 6.07) is 7.40. The van der Waals surface area contributed by atoms with Crippen LogP contribution in [0.2, 0.25) is 0 Å². The molecule has 4 atom stereocenters. The molecule has 24 heavy (non-hydrogen) atoms. The minimum Gasteiger partial charge on any atom is -0.325 e. The van der Waals surface area contributed by atoms with Crippen LogP contribution in [0.25, 0.3) is 0 Å². The average Bonchev–Trinajstić information content (AvgIpc) is 2.73. The van der Waals surface area contributed by atoms with E-state index in [1.165, 1.54) is 0 Å². The number of carbonyl (C=O) groups is 3. The second kappa shape index (κ2) is 6.96. The number of hydrogen-bond donors (Lipinski definition) is 1. The highest BCUT2D eigenvalue weighted by Crippen LogP contribution is 2.43. The predicted molar refractivity (Wildman–Crippen MR) is 98.2 cm³/mol. The van der Waals surface area contributed by atoms with Gasteiger partial charge < -0.3 is 5.32 Å². The maximum Gasteiger partial charge on any atom is 0.244 e. The monoisotopic (exact) mass is 456 g/mol. The maximum absolute atomic E-state index is 12.5. The Morgan fingerprint density at radius 1 is 1.17 bits per heavy atom. The number of nitrogens with zero attached hydrogens (tertiary/aromatic N) is 1. The summed E-state index contributed by atoms with van der Waals surface area (Å²) in [7, 11) is 0. The molecule has 5 nitrogen and oxygen atoms in total. The normalized spacial score (nSPS) is 29.5. The summed E-state index contributed by atoms with van der Waals surface area (Å²) in [5.41, 5.74) is 1.69. The predicted octanol–water partition coefficient (Wildman–Crippen LogP) is 2.86. The molecule has 128 valence electrons. The van der Waals surface area contributed by atoms with Crippen LogP contribution in [0, 0.1) is 18.8 Å². The zero-order valence-corrected chi connectivity index (χ0v) is 16.3. The Kier molecular flexibility index (Phi) is 5.11. The van der Waals surface area contributed by atoms with Crippen molar-refractivity contribution in [3.8, 4) is 0 Å². The van der Waals surface area contributed by atoms with Gasteiger partial charge in [-0.25, -0.2) is 0 Å². The molecule has 1 saturated heterocycles. The first-order valence-electron chi connectivity index (χ1n) is 7.86. The third-order valence-corrected chi connectivity index (χ3v) is 7.34. The summed E-state index contributed by atoms with van der Waals surface area (Å²) in [5, 5.41) is 2.75. The van der Waals surface area contributed by atoms with Gasteiger partial charge in [-0.3, -0.25) is 19.3 Å². The van der Waals surface area contributed by atoms with Gasteiger partial charge in [0.25, 0.3) is 0 Å². The molecule has 3 amide bonds. The molecule has 0 aromatic heterocycles. The van der Waals surface area contributed by atoms with Crippen LogP contribution in [0.5, 0.6) is 0 Å². The van der Waals surface area contributed by atoms with E-state index < -0.39 is 0 Å². The highest BCUT2D eigenvalue weighted by Gasteiger charge is 2.52. The molecule has 2 fully saturated rings. The van der Waals surface area contributed by atoms with Crippen LogP contribution in [0.1, 0.15) is 18.4 Å². The Morgan fingerprint density at radius 3 is 2.29 bits per heavy atom. The second-order valence-corrected chi connectivity index (χ2v) is 8.75. The van der Waals surface area contributed by atoms with Crippen molar-refractivity contribution in [2.75, 3.05) is 11.9 Å². The molecular weight excluding hydrogens is 440 g/mol. The van der Waals surface area contributed by atoms with E-state index in [9.17, 15) is 14.4 Å². The van der Waals surface area contributed by atoms with Crippen LogP contribution in [-0.2, 0) is 14.4 Å². The van der Waals surface area contributed by atoms with E-state index >= 15 is 0 Å². The number of nitrogens with one attached hydrogen (secondary N) is 1. The number of hydrogen-bond acceptors (Lipinski definition) is 3. The second-order valence-electron chi connectivity index (χ2n) is 6.40. The van der Waals surface area contributed by atoms with Gasteiger partial charge in [-0.15, -0.1) is 0 Å². The van der Waals surface area contributed by atoms with Gasteiger partial charge in [0.2, 0.25) is 17.7 Å². The van der Waals surface area contributed by atoms with Crippen molar-refractivity contribution in [2.24, 2.45) is 11.8 Å². The Hall–Kier alpha value is -1.21. The fraction of sp³-hybridized carbons (Fsp3) is 0.471. The largest absolute Gasteiger partial charge is 0.325 e.